The molecule has 0 aliphatic carbocycles. The minimum atomic E-state index is -0.136. The molecular weight excluding hydrogens is 326 g/mol. The summed E-state index contributed by atoms with van der Waals surface area (Å²) in [7, 11) is 0. The molecule has 0 atom stereocenters. The lowest BCUT2D eigenvalue weighted by Crippen LogP contribution is -2.25. The summed E-state index contributed by atoms with van der Waals surface area (Å²) < 4.78 is 0. The number of hydrogen-bond acceptors (Lipinski definition) is 3. The second kappa shape index (κ2) is 9.56. The zero-order valence-electron chi connectivity index (χ0n) is 15.7. The van der Waals surface area contributed by atoms with Gasteiger partial charge in [0.25, 0.3) is 0 Å². The number of para-hydroxylation sites is 1. The number of amides is 1. The van der Waals surface area contributed by atoms with Crippen LogP contribution in [0.15, 0.2) is 41.4 Å². The molecule has 0 spiro atoms. The Morgan fingerprint density at radius 3 is 2.35 bits per heavy atom. The van der Waals surface area contributed by atoms with E-state index >= 15 is 0 Å². The fraction of sp³-hybridized carbons (Fsp3) is 0.350. The number of nitrogens with one attached hydrogen (secondary N) is 2. The molecule has 0 saturated heterocycles. The Balaban J connectivity index is 1.91. The molecule has 1 aromatic carbocycles. The smallest absolute Gasteiger partial charge is 0.227 e. The van der Waals surface area contributed by atoms with Crippen LogP contribution in [0.25, 0.3) is 0 Å². The molecule has 2 rings (SSSR count). The Morgan fingerprint density at radius 2 is 1.73 bits per heavy atom. The number of rotatable bonds is 7. The second-order valence-corrected chi connectivity index (χ2v) is 6.01. The third kappa shape index (κ3) is 5.58. The highest BCUT2D eigenvalue weighted by atomic mass is 16.1. The molecule has 0 fully saturated rings. The first-order valence-electron chi connectivity index (χ1n) is 8.94. The molecule has 0 saturated carbocycles. The third-order valence-corrected chi connectivity index (χ3v) is 4.03. The van der Waals surface area contributed by atoms with Crippen LogP contribution in [0.5, 0.6) is 0 Å². The van der Waals surface area contributed by atoms with Gasteiger partial charge < -0.3 is 16.4 Å². The molecule has 0 aliphatic heterocycles. The number of aryl methyl sites for hydroxylation is 3. The van der Waals surface area contributed by atoms with Gasteiger partial charge in [-0.05, 0) is 43.0 Å². The maximum absolute atomic E-state index is 12.0. The lowest BCUT2D eigenvalue weighted by molar-refractivity contribution is -0.116. The van der Waals surface area contributed by atoms with Crippen molar-refractivity contribution in [1.82, 2.24) is 4.98 Å². The summed E-state index contributed by atoms with van der Waals surface area (Å²) >= 11 is 0. The van der Waals surface area contributed by atoms with Gasteiger partial charge in [-0.1, -0.05) is 38.1 Å². The van der Waals surface area contributed by atoms with Crippen molar-refractivity contribution in [2.45, 2.75) is 40.0 Å². The zero-order valence-corrected chi connectivity index (χ0v) is 15.7. The number of aromatic nitrogens is 1. The van der Waals surface area contributed by atoms with E-state index in [1.54, 1.807) is 6.07 Å². The van der Waals surface area contributed by atoms with Crippen LogP contribution in [0, 0.1) is 6.92 Å². The van der Waals surface area contributed by atoms with Crippen LogP contribution in [0.2, 0.25) is 0 Å². The van der Waals surface area contributed by atoms with Gasteiger partial charge >= 0.3 is 0 Å². The van der Waals surface area contributed by atoms with Gasteiger partial charge in [-0.2, -0.15) is 0 Å². The Labute approximate surface area is 154 Å². The van der Waals surface area contributed by atoms with Crippen molar-refractivity contribution >= 4 is 23.4 Å². The number of hydrogen-bond donors (Lipinski definition) is 3. The summed E-state index contributed by atoms with van der Waals surface area (Å²) in [4.78, 5) is 20.5. The number of guanidine groups is 1. The van der Waals surface area contributed by atoms with Crippen LogP contribution in [-0.4, -0.2) is 23.4 Å². The van der Waals surface area contributed by atoms with Gasteiger partial charge in [0.15, 0.2) is 5.96 Å². The first-order chi connectivity index (χ1) is 12.5. The lowest BCUT2D eigenvalue weighted by Gasteiger charge is -2.14. The predicted molar refractivity (Wildman–Crippen MR) is 108 cm³/mol. The van der Waals surface area contributed by atoms with Gasteiger partial charge in [-0.3, -0.25) is 9.79 Å². The number of aliphatic imine (C=N–C) groups is 1. The third-order valence-electron chi connectivity index (χ3n) is 4.03. The molecule has 1 heterocycles. The van der Waals surface area contributed by atoms with Gasteiger partial charge in [0, 0.05) is 17.8 Å². The van der Waals surface area contributed by atoms with Crippen molar-refractivity contribution in [3.63, 3.8) is 0 Å². The Kier molecular flexibility index (Phi) is 7.14. The minimum absolute atomic E-state index is 0.136. The van der Waals surface area contributed by atoms with E-state index in [1.165, 1.54) is 11.1 Å². The van der Waals surface area contributed by atoms with E-state index in [0.29, 0.717) is 18.3 Å². The Morgan fingerprint density at radius 1 is 1.08 bits per heavy atom. The van der Waals surface area contributed by atoms with Crippen molar-refractivity contribution in [3.05, 3.63) is 53.2 Å². The minimum Gasteiger partial charge on any atom is -0.370 e. The predicted octanol–water partition coefficient (Wildman–Crippen LogP) is 3.27. The molecule has 0 aliphatic rings. The van der Waals surface area contributed by atoms with Crippen molar-refractivity contribution in [1.29, 1.82) is 0 Å². The molecule has 6 nitrogen and oxygen atoms in total. The highest BCUT2D eigenvalue weighted by molar-refractivity contribution is 5.94. The van der Waals surface area contributed by atoms with Crippen LogP contribution in [0.4, 0.5) is 11.5 Å². The first kappa shape index (κ1) is 19.4. The fourth-order valence-electron chi connectivity index (χ4n) is 2.67. The molecular formula is C20H27N5O. The summed E-state index contributed by atoms with van der Waals surface area (Å²) in [6, 6.07) is 11.7. The Hall–Kier alpha value is -2.89. The summed E-state index contributed by atoms with van der Waals surface area (Å²) in [5.74, 6) is 0.736. The van der Waals surface area contributed by atoms with Crippen LogP contribution in [0.1, 0.15) is 37.1 Å². The summed E-state index contributed by atoms with van der Waals surface area (Å²) in [5.41, 5.74) is 10.3. The van der Waals surface area contributed by atoms with Crippen molar-refractivity contribution in [2.24, 2.45) is 10.7 Å². The largest absolute Gasteiger partial charge is 0.370 e. The molecule has 0 radical (unpaired) electrons. The van der Waals surface area contributed by atoms with Gasteiger partial charge in [-0.15, -0.1) is 0 Å². The monoisotopic (exact) mass is 353 g/mol. The van der Waals surface area contributed by atoms with Crippen molar-refractivity contribution < 1.29 is 4.79 Å². The van der Waals surface area contributed by atoms with E-state index in [0.717, 1.165) is 24.2 Å². The highest BCUT2D eigenvalue weighted by Gasteiger charge is 2.07. The van der Waals surface area contributed by atoms with E-state index in [1.807, 2.05) is 19.1 Å². The SMILES string of the molecule is CCc1cccc(CC)c1NC(N)=NCCC(=O)Nc1cccc(C)n1. The average molecular weight is 353 g/mol. The van der Waals surface area contributed by atoms with E-state index in [-0.39, 0.29) is 12.3 Å². The topological polar surface area (TPSA) is 92.4 Å². The quantitative estimate of drug-likeness (QED) is 0.526. The van der Waals surface area contributed by atoms with Crippen LogP contribution in [0.3, 0.4) is 0 Å². The van der Waals surface area contributed by atoms with Gasteiger partial charge in [0.05, 0.1) is 6.54 Å². The first-order valence-corrected chi connectivity index (χ1v) is 8.94. The molecule has 0 bridgehead atoms. The average Bonchev–Trinajstić information content (AvgIpc) is 2.61. The number of pyridine rings is 1. The van der Waals surface area contributed by atoms with E-state index in [9.17, 15) is 4.79 Å². The number of anilines is 2. The highest BCUT2D eigenvalue weighted by Crippen LogP contribution is 2.22. The molecule has 6 heteroatoms. The zero-order chi connectivity index (χ0) is 18.9. The van der Waals surface area contributed by atoms with Gasteiger partial charge in [0.2, 0.25) is 5.91 Å². The van der Waals surface area contributed by atoms with Gasteiger partial charge in [0.1, 0.15) is 5.82 Å². The molecule has 26 heavy (non-hydrogen) atoms. The Bertz CT molecular complexity index is 763. The standard InChI is InChI=1S/C20H27N5O/c1-4-15-9-7-10-16(5-2)19(15)25-20(21)22-13-12-18(26)24-17-11-6-8-14(3)23-17/h6-11H,4-5,12-13H2,1-3H3,(H3,21,22,25)(H,23,24,26). The van der Waals surface area contributed by atoms with Crippen LogP contribution >= 0.6 is 0 Å². The molecule has 4 N–H and O–H groups in total. The fourth-order valence-corrected chi connectivity index (χ4v) is 2.67. The number of carbonyl (C=O) groups is 1. The van der Waals surface area contributed by atoms with Crippen LogP contribution < -0.4 is 16.4 Å². The molecule has 1 amide bonds. The lowest BCUT2D eigenvalue weighted by atomic mass is 10.0. The number of nitrogens with two attached hydrogens (primary N) is 1. The summed E-state index contributed by atoms with van der Waals surface area (Å²) in [6.07, 6.45) is 2.07. The van der Waals surface area contributed by atoms with Crippen molar-refractivity contribution in [3.8, 4) is 0 Å². The van der Waals surface area contributed by atoms with E-state index in [4.69, 9.17) is 5.73 Å². The van der Waals surface area contributed by atoms with E-state index < -0.39 is 0 Å². The van der Waals surface area contributed by atoms with Gasteiger partial charge in [-0.25, -0.2) is 4.98 Å². The van der Waals surface area contributed by atoms with Crippen molar-refractivity contribution in [2.75, 3.05) is 17.2 Å². The summed E-state index contributed by atoms with van der Waals surface area (Å²) in [5, 5.41) is 5.96. The number of carbonyl (C=O) groups excluding carboxylic acids is 1. The molecule has 1 aromatic heterocycles. The second-order valence-electron chi connectivity index (χ2n) is 6.01. The summed E-state index contributed by atoms with van der Waals surface area (Å²) in [6.45, 7) is 6.41. The van der Waals surface area contributed by atoms with Crippen LogP contribution in [-0.2, 0) is 17.6 Å². The maximum atomic E-state index is 12.0. The number of nitrogens with zero attached hydrogens (tertiary/aromatic N) is 2. The maximum Gasteiger partial charge on any atom is 0.227 e. The number of benzene rings is 1. The molecule has 2 aromatic rings. The molecule has 138 valence electrons. The normalized spacial score (nSPS) is 11.3. The van der Waals surface area contributed by atoms with E-state index in [2.05, 4.69) is 52.7 Å². The molecule has 0 unspecified atom stereocenters.